The predicted octanol–water partition coefficient (Wildman–Crippen LogP) is 4.43. The average molecular weight is 431 g/mol. The summed E-state index contributed by atoms with van der Waals surface area (Å²) < 4.78 is 6.67. The predicted molar refractivity (Wildman–Crippen MR) is 100 cm³/mol. The standard InChI is InChI=1S/C18H14IN3O2/c1-12-11-15(24-18-20-9-2-10-21-18)7-8-16(12)22-17(23)13-3-5-14(19)6-4-13/h2-11H,1H3,(H,22,23). The highest BCUT2D eigenvalue weighted by Crippen LogP contribution is 2.24. The minimum atomic E-state index is -0.144. The molecule has 0 atom stereocenters. The van der Waals surface area contributed by atoms with E-state index >= 15 is 0 Å². The number of rotatable bonds is 4. The molecule has 0 aliphatic rings. The largest absolute Gasteiger partial charge is 0.424 e. The van der Waals surface area contributed by atoms with E-state index in [1.54, 1.807) is 42.7 Å². The Morgan fingerprint density at radius 2 is 1.79 bits per heavy atom. The van der Waals surface area contributed by atoms with E-state index in [-0.39, 0.29) is 11.9 Å². The second-order valence-electron chi connectivity index (χ2n) is 5.07. The summed E-state index contributed by atoms with van der Waals surface area (Å²) in [6.45, 7) is 1.91. The van der Waals surface area contributed by atoms with Gasteiger partial charge in [0.25, 0.3) is 5.91 Å². The molecule has 1 heterocycles. The van der Waals surface area contributed by atoms with Gasteiger partial charge in [-0.05, 0) is 83.6 Å². The molecule has 0 radical (unpaired) electrons. The first-order valence-corrected chi connectivity index (χ1v) is 8.32. The highest BCUT2D eigenvalue weighted by molar-refractivity contribution is 14.1. The van der Waals surface area contributed by atoms with E-state index in [9.17, 15) is 4.79 Å². The summed E-state index contributed by atoms with van der Waals surface area (Å²) >= 11 is 2.21. The van der Waals surface area contributed by atoms with Gasteiger partial charge in [-0.25, -0.2) is 9.97 Å². The number of hydrogen-bond acceptors (Lipinski definition) is 4. The lowest BCUT2D eigenvalue weighted by molar-refractivity contribution is 0.102. The third kappa shape index (κ3) is 4.08. The summed E-state index contributed by atoms with van der Waals surface area (Å²) in [6, 6.07) is 14.8. The average Bonchev–Trinajstić information content (AvgIpc) is 2.59. The Morgan fingerprint density at radius 1 is 1.08 bits per heavy atom. The van der Waals surface area contributed by atoms with Gasteiger partial charge in [-0.1, -0.05) is 0 Å². The lowest BCUT2D eigenvalue weighted by Crippen LogP contribution is -2.12. The van der Waals surface area contributed by atoms with Gasteiger partial charge < -0.3 is 10.1 Å². The van der Waals surface area contributed by atoms with Gasteiger partial charge in [0.1, 0.15) is 5.75 Å². The van der Waals surface area contributed by atoms with Crippen LogP contribution in [-0.2, 0) is 0 Å². The molecule has 0 bridgehead atoms. The minimum absolute atomic E-state index is 0.144. The first-order valence-electron chi connectivity index (χ1n) is 7.24. The second kappa shape index (κ2) is 7.39. The molecule has 120 valence electrons. The van der Waals surface area contributed by atoms with Gasteiger partial charge in [-0.2, -0.15) is 0 Å². The van der Waals surface area contributed by atoms with Crippen molar-refractivity contribution >= 4 is 34.2 Å². The summed E-state index contributed by atoms with van der Waals surface area (Å²) in [7, 11) is 0. The maximum Gasteiger partial charge on any atom is 0.321 e. The number of carbonyl (C=O) groups is 1. The Kier molecular flexibility index (Phi) is 5.05. The molecule has 2 aromatic carbocycles. The number of benzene rings is 2. The van der Waals surface area contributed by atoms with Gasteiger partial charge >= 0.3 is 6.01 Å². The zero-order chi connectivity index (χ0) is 16.9. The van der Waals surface area contributed by atoms with Crippen LogP contribution in [0.1, 0.15) is 15.9 Å². The Hall–Kier alpha value is -2.48. The fourth-order valence-electron chi connectivity index (χ4n) is 2.08. The zero-order valence-electron chi connectivity index (χ0n) is 12.9. The Bertz CT molecular complexity index is 852. The number of aromatic nitrogens is 2. The molecule has 0 aliphatic carbocycles. The fourth-order valence-corrected chi connectivity index (χ4v) is 2.44. The van der Waals surface area contributed by atoms with Gasteiger partial charge in [0.2, 0.25) is 0 Å². The summed E-state index contributed by atoms with van der Waals surface area (Å²) in [4.78, 5) is 20.3. The van der Waals surface area contributed by atoms with Crippen molar-refractivity contribution in [3.63, 3.8) is 0 Å². The molecule has 0 unspecified atom stereocenters. The molecular formula is C18H14IN3O2. The Morgan fingerprint density at radius 3 is 2.46 bits per heavy atom. The van der Waals surface area contributed by atoms with E-state index in [2.05, 4.69) is 37.9 Å². The van der Waals surface area contributed by atoms with E-state index in [4.69, 9.17) is 4.74 Å². The van der Waals surface area contributed by atoms with E-state index in [0.29, 0.717) is 11.3 Å². The summed E-state index contributed by atoms with van der Waals surface area (Å²) in [5.74, 6) is 0.473. The number of hydrogen-bond donors (Lipinski definition) is 1. The molecule has 3 rings (SSSR count). The van der Waals surface area contributed by atoms with E-state index in [1.165, 1.54) is 0 Å². The molecule has 0 fully saturated rings. The van der Waals surface area contributed by atoms with Gasteiger partial charge in [0, 0.05) is 27.2 Å². The van der Waals surface area contributed by atoms with Gasteiger partial charge in [-0.3, -0.25) is 4.79 Å². The van der Waals surface area contributed by atoms with E-state index < -0.39 is 0 Å². The van der Waals surface area contributed by atoms with Gasteiger partial charge in [0.05, 0.1) is 0 Å². The second-order valence-corrected chi connectivity index (χ2v) is 6.32. The maximum atomic E-state index is 12.3. The van der Waals surface area contributed by atoms with Crippen molar-refractivity contribution < 1.29 is 9.53 Å². The van der Waals surface area contributed by atoms with Crippen LogP contribution in [0.2, 0.25) is 0 Å². The number of nitrogens with one attached hydrogen (secondary N) is 1. The van der Waals surface area contributed by atoms with Crippen LogP contribution in [0.5, 0.6) is 11.8 Å². The fraction of sp³-hybridized carbons (Fsp3) is 0.0556. The van der Waals surface area contributed by atoms with Crippen LogP contribution >= 0.6 is 22.6 Å². The van der Waals surface area contributed by atoms with Crippen LogP contribution in [0.25, 0.3) is 0 Å². The highest BCUT2D eigenvalue weighted by atomic mass is 127. The molecule has 24 heavy (non-hydrogen) atoms. The smallest absolute Gasteiger partial charge is 0.321 e. The zero-order valence-corrected chi connectivity index (χ0v) is 15.0. The molecule has 0 saturated carbocycles. The molecule has 1 amide bonds. The topological polar surface area (TPSA) is 64.1 Å². The quantitative estimate of drug-likeness (QED) is 0.621. The van der Waals surface area contributed by atoms with Crippen molar-refractivity contribution in [3.8, 4) is 11.8 Å². The van der Waals surface area contributed by atoms with Crippen molar-refractivity contribution in [2.45, 2.75) is 6.92 Å². The molecule has 5 nitrogen and oxygen atoms in total. The maximum absolute atomic E-state index is 12.3. The van der Waals surface area contributed by atoms with Crippen LogP contribution in [-0.4, -0.2) is 15.9 Å². The van der Waals surface area contributed by atoms with Crippen LogP contribution in [0.4, 0.5) is 5.69 Å². The van der Waals surface area contributed by atoms with Gasteiger partial charge in [0.15, 0.2) is 0 Å². The molecule has 0 saturated heterocycles. The third-order valence-corrected chi connectivity index (χ3v) is 4.02. The number of carbonyl (C=O) groups excluding carboxylic acids is 1. The lowest BCUT2D eigenvalue weighted by atomic mass is 10.1. The highest BCUT2D eigenvalue weighted by Gasteiger charge is 2.09. The van der Waals surface area contributed by atoms with Crippen LogP contribution in [0.15, 0.2) is 60.9 Å². The molecule has 0 spiro atoms. The van der Waals surface area contributed by atoms with Crippen molar-refractivity contribution in [2.75, 3.05) is 5.32 Å². The number of aryl methyl sites for hydroxylation is 1. The van der Waals surface area contributed by atoms with Crippen LogP contribution in [0, 0.1) is 10.5 Å². The monoisotopic (exact) mass is 431 g/mol. The number of ether oxygens (including phenoxy) is 1. The molecule has 0 aliphatic heterocycles. The third-order valence-electron chi connectivity index (χ3n) is 3.30. The van der Waals surface area contributed by atoms with Crippen molar-refractivity contribution in [1.82, 2.24) is 9.97 Å². The molecule has 1 aromatic heterocycles. The summed E-state index contributed by atoms with van der Waals surface area (Å²) in [6.07, 6.45) is 3.23. The number of nitrogens with zero attached hydrogens (tertiary/aromatic N) is 2. The first kappa shape index (κ1) is 16.4. The Labute approximate surface area is 153 Å². The van der Waals surface area contributed by atoms with Crippen LogP contribution < -0.4 is 10.1 Å². The SMILES string of the molecule is Cc1cc(Oc2ncccn2)ccc1NC(=O)c1ccc(I)cc1. The van der Waals surface area contributed by atoms with Crippen molar-refractivity contribution in [2.24, 2.45) is 0 Å². The summed E-state index contributed by atoms with van der Waals surface area (Å²) in [5.41, 5.74) is 2.25. The van der Waals surface area contributed by atoms with Crippen LogP contribution in [0.3, 0.4) is 0 Å². The number of halogens is 1. The van der Waals surface area contributed by atoms with E-state index in [0.717, 1.165) is 14.8 Å². The number of amides is 1. The summed E-state index contributed by atoms with van der Waals surface area (Å²) in [5, 5.41) is 2.91. The van der Waals surface area contributed by atoms with Crippen molar-refractivity contribution in [1.29, 1.82) is 0 Å². The first-order chi connectivity index (χ1) is 11.6. The van der Waals surface area contributed by atoms with E-state index in [1.807, 2.05) is 25.1 Å². The number of anilines is 1. The molecule has 1 N–H and O–H groups in total. The molecule has 6 heteroatoms. The molecular weight excluding hydrogens is 417 g/mol. The normalized spacial score (nSPS) is 10.2. The molecule has 3 aromatic rings. The minimum Gasteiger partial charge on any atom is -0.424 e. The lowest BCUT2D eigenvalue weighted by Gasteiger charge is -2.10. The van der Waals surface area contributed by atoms with Gasteiger partial charge in [-0.15, -0.1) is 0 Å². The van der Waals surface area contributed by atoms with Crippen molar-refractivity contribution in [3.05, 3.63) is 75.6 Å². The Balaban J connectivity index is 1.73.